The molecule has 2 aromatic rings. The maximum Gasteiger partial charge on any atom is 0.271 e. The minimum Gasteiger partial charge on any atom is -0.487 e. The van der Waals surface area contributed by atoms with Crippen molar-refractivity contribution in [2.75, 3.05) is 0 Å². The van der Waals surface area contributed by atoms with Crippen LogP contribution in [0.3, 0.4) is 0 Å². The second-order valence-corrected chi connectivity index (χ2v) is 6.54. The first-order valence-corrected chi connectivity index (χ1v) is 7.86. The van der Waals surface area contributed by atoms with Gasteiger partial charge in [-0.3, -0.25) is 10.1 Å². The fraction of sp³-hybridized carbons (Fsp3) is 0.0769. The lowest BCUT2D eigenvalue weighted by molar-refractivity contribution is -0.385. The highest BCUT2D eigenvalue weighted by Crippen LogP contribution is 2.37. The molecule has 20 heavy (non-hydrogen) atoms. The Hall–Kier alpha value is -0.920. The highest BCUT2D eigenvalue weighted by atomic mass is 79.9. The summed E-state index contributed by atoms with van der Waals surface area (Å²) in [6.45, 7) is 0.369. The smallest absolute Gasteiger partial charge is 0.271 e. The molecule has 104 valence electrons. The zero-order valence-corrected chi connectivity index (χ0v) is 14.7. The molecular weight excluding hydrogens is 458 g/mol. The maximum atomic E-state index is 10.8. The van der Waals surface area contributed by atoms with Crippen LogP contribution in [0.25, 0.3) is 0 Å². The number of rotatable bonds is 4. The molecule has 0 N–H and O–H groups in total. The van der Waals surface area contributed by atoms with E-state index in [1.165, 1.54) is 12.1 Å². The predicted octanol–water partition coefficient (Wildman–Crippen LogP) is 5.46. The van der Waals surface area contributed by atoms with Crippen LogP contribution in [-0.4, -0.2) is 4.92 Å². The Bertz CT molecular complexity index is 638. The largest absolute Gasteiger partial charge is 0.487 e. The molecule has 0 unspecified atom stereocenters. The number of ether oxygens (including phenoxy) is 1. The van der Waals surface area contributed by atoms with E-state index in [1.54, 1.807) is 0 Å². The predicted molar refractivity (Wildman–Crippen MR) is 87.0 cm³/mol. The van der Waals surface area contributed by atoms with E-state index in [9.17, 15) is 10.1 Å². The SMILES string of the molecule is O=[N+]([O-])c1cc(Br)c(OCc2cccc(Br)c2)c(Br)c1. The van der Waals surface area contributed by atoms with E-state index >= 15 is 0 Å². The van der Waals surface area contributed by atoms with Crippen LogP contribution in [0, 0.1) is 10.1 Å². The van der Waals surface area contributed by atoms with E-state index in [-0.39, 0.29) is 5.69 Å². The molecule has 0 saturated carbocycles. The molecule has 0 fully saturated rings. The zero-order chi connectivity index (χ0) is 14.7. The summed E-state index contributed by atoms with van der Waals surface area (Å²) in [6.07, 6.45) is 0. The monoisotopic (exact) mass is 463 g/mol. The first kappa shape index (κ1) is 15.5. The summed E-state index contributed by atoms with van der Waals surface area (Å²) in [5.41, 5.74) is 0.995. The minimum atomic E-state index is -0.451. The third-order valence-electron chi connectivity index (χ3n) is 2.47. The fourth-order valence-electron chi connectivity index (χ4n) is 1.57. The Kier molecular flexibility index (Phi) is 5.17. The standard InChI is InChI=1S/C13H8Br3NO3/c14-9-3-1-2-8(4-9)7-20-13-11(15)5-10(17(18)19)6-12(13)16/h1-6H,7H2. The first-order chi connectivity index (χ1) is 9.47. The van der Waals surface area contributed by atoms with E-state index in [0.717, 1.165) is 10.0 Å². The average Bonchev–Trinajstić information content (AvgIpc) is 2.37. The number of nitro groups is 1. The lowest BCUT2D eigenvalue weighted by Crippen LogP contribution is -1.98. The van der Waals surface area contributed by atoms with Crippen LogP contribution < -0.4 is 4.74 Å². The minimum absolute atomic E-state index is 0.00134. The first-order valence-electron chi connectivity index (χ1n) is 5.48. The molecule has 0 aromatic heterocycles. The van der Waals surface area contributed by atoms with Crippen molar-refractivity contribution in [2.45, 2.75) is 6.61 Å². The quantitative estimate of drug-likeness (QED) is 0.445. The van der Waals surface area contributed by atoms with Crippen molar-refractivity contribution in [1.29, 1.82) is 0 Å². The number of nitrogens with zero attached hydrogens (tertiary/aromatic N) is 1. The Balaban J connectivity index is 2.20. The van der Waals surface area contributed by atoms with Gasteiger partial charge in [-0.05, 0) is 49.6 Å². The number of non-ortho nitro benzene ring substituents is 1. The fourth-order valence-corrected chi connectivity index (χ4v) is 3.41. The lowest BCUT2D eigenvalue weighted by Gasteiger charge is -2.10. The van der Waals surface area contributed by atoms with Crippen LogP contribution in [0.4, 0.5) is 5.69 Å². The van der Waals surface area contributed by atoms with Gasteiger partial charge in [0.1, 0.15) is 12.4 Å². The van der Waals surface area contributed by atoms with Crippen LogP contribution >= 0.6 is 47.8 Å². The highest BCUT2D eigenvalue weighted by Gasteiger charge is 2.15. The average molecular weight is 466 g/mol. The van der Waals surface area contributed by atoms with Crippen molar-refractivity contribution in [2.24, 2.45) is 0 Å². The molecular formula is C13H8Br3NO3. The van der Waals surface area contributed by atoms with Crippen LogP contribution in [0.1, 0.15) is 5.56 Å². The Morgan fingerprint density at radius 2 is 1.75 bits per heavy atom. The molecule has 0 spiro atoms. The van der Waals surface area contributed by atoms with Gasteiger partial charge in [0.05, 0.1) is 13.9 Å². The van der Waals surface area contributed by atoms with Gasteiger partial charge < -0.3 is 4.74 Å². The van der Waals surface area contributed by atoms with Gasteiger partial charge in [-0.2, -0.15) is 0 Å². The van der Waals surface area contributed by atoms with E-state index < -0.39 is 4.92 Å². The number of benzene rings is 2. The van der Waals surface area contributed by atoms with Gasteiger partial charge >= 0.3 is 0 Å². The molecule has 2 aromatic carbocycles. The van der Waals surface area contributed by atoms with Crippen molar-refractivity contribution in [3.63, 3.8) is 0 Å². The van der Waals surface area contributed by atoms with Gasteiger partial charge in [0.15, 0.2) is 0 Å². The zero-order valence-electron chi connectivity index (χ0n) is 9.98. The van der Waals surface area contributed by atoms with Crippen molar-refractivity contribution in [1.82, 2.24) is 0 Å². The van der Waals surface area contributed by atoms with E-state index in [0.29, 0.717) is 21.3 Å². The molecule has 0 bridgehead atoms. The molecule has 0 amide bonds. The van der Waals surface area contributed by atoms with Crippen molar-refractivity contribution in [3.8, 4) is 5.75 Å². The van der Waals surface area contributed by atoms with Crippen LogP contribution in [0.2, 0.25) is 0 Å². The van der Waals surface area contributed by atoms with Crippen molar-refractivity contribution in [3.05, 3.63) is 65.5 Å². The summed E-state index contributed by atoms with van der Waals surface area (Å²) in [4.78, 5) is 10.3. The Morgan fingerprint density at radius 3 is 2.30 bits per heavy atom. The van der Waals surface area contributed by atoms with Gasteiger partial charge in [0, 0.05) is 16.6 Å². The lowest BCUT2D eigenvalue weighted by atomic mass is 10.2. The summed E-state index contributed by atoms with van der Waals surface area (Å²) in [5, 5.41) is 10.8. The molecule has 0 aliphatic rings. The molecule has 2 rings (SSSR count). The summed E-state index contributed by atoms with van der Waals surface area (Å²) in [5.74, 6) is 0.538. The summed E-state index contributed by atoms with van der Waals surface area (Å²) in [6, 6.07) is 10.6. The van der Waals surface area contributed by atoms with Gasteiger partial charge in [-0.1, -0.05) is 28.1 Å². The van der Waals surface area contributed by atoms with Gasteiger partial charge in [-0.25, -0.2) is 0 Å². The summed E-state index contributed by atoms with van der Waals surface area (Å²) < 4.78 is 7.75. The summed E-state index contributed by atoms with van der Waals surface area (Å²) in [7, 11) is 0. The molecule has 0 atom stereocenters. The van der Waals surface area contributed by atoms with Crippen molar-refractivity contribution >= 4 is 53.5 Å². The number of hydrogen-bond acceptors (Lipinski definition) is 3. The molecule has 7 heteroatoms. The number of nitro benzene ring substituents is 1. The normalized spacial score (nSPS) is 10.3. The van der Waals surface area contributed by atoms with E-state index in [1.807, 2.05) is 24.3 Å². The number of hydrogen-bond donors (Lipinski definition) is 0. The van der Waals surface area contributed by atoms with Crippen LogP contribution in [0.5, 0.6) is 5.75 Å². The molecule has 0 saturated heterocycles. The molecule has 0 aliphatic heterocycles. The Morgan fingerprint density at radius 1 is 1.10 bits per heavy atom. The van der Waals surface area contributed by atoms with Crippen LogP contribution in [-0.2, 0) is 6.61 Å². The van der Waals surface area contributed by atoms with Crippen molar-refractivity contribution < 1.29 is 9.66 Å². The maximum absolute atomic E-state index is 10.8. The Labute approximate surface area is 140 Å². The second kappa shape index (κ2) is 6.69. The molecule has 0 heterocycles. The van der Waals surface area contributed by atoms with E-state index in [2.05, 4.69) is 47.8 Å². The van der Waals surface area contributed by atoms with Gasteiger partial charge in [-0.15, -0.1) is 0 Å². The molecule has 4 nitrogen and oxygen atoms in total. The third-order valence-corrected chi connectivity index (χ3v) is 4.14. The molecule has 0 radical (unpaired) electrons. The highest BCUT2D eigenvalue weighted by molar-refractivity contribution is 9.11. The van der Waals surface area contributed by atoms with Crippen LogP contribution in [0.15, 0.2) is 49.8 Å². The summed E-state index contributed by atoms with van der Waals surface area (Å²) >= 11 is 9.96. The van der Waals surface area contributed by atoms with Gasteiger partial charge in [0.25, 0.3) is 5.69 Å². The topological polar surface area (TPSA) is 52.4 Å². The number of halogens is 3. The molecule has 0 aliphatic carbocycles. The third kappa shape index (κ3) is 3.80. The van der Waals surface area contributed by atoms with Gasteiger partial charge in [0.2, 0.25) is 0 Å². The van der Waals surface area contributed by atoms with E-state index in [4.69, 9.17) is 4.74 Å². The second-order valence-electron chi connectivity index (χ2n) is 3.91.